The molecule has 1 saturated heterocycles. The minimum Gasteiger partial charge on any atom is -0.435 e. The van der Waals surface area contributed by atoms with Gasteiger partial charge < -0.3 is 9.32 Å². The van der Waals surface area contributed by atoms with Crippen molar-refractivity contribution in [3.63, 3.8) is 0 Å². The SMILES string of the molecule is Cc1nc(C)c(C(=O)N=S2(=O)CCCN(c3ccc(Cl)c(C#N)n3)CC2)o1. The Morgan fingerprint density at radius 2 is 2.11 bits per heavy atom. The summed E-state index contributed by atoms with van der Waals surface area (Å²) in [6.45, 7) is 4.30. The van der Waals surface area contributed by atoms with Crippen LogP contribution in [0.1, 0.15) is 34.3 Å². The van der Waals surface area contributed by atoms with Gasteiger partial charge >= 0.3 is 5.91 Å². The number of aromatic nitrogens is 2. The van der Waals surface area contributed by atoms with Crippen molar-refractivity contribution >= 4 is 33.1 Å². The molecule has 1 fully saturated rings. The van der Waals surface area contributed by atoms with Crippen LogP contribution in [-0.2, 0) is 9.73 Å². The fourth-order valence-electron chi connectivity index (χ4n) is 2.88. The van der Waals surface area contributed by atoms with Gasteiger partial charge in [0.1, 0.15) is 11.9 Å². The molecule has 3 rings (SSSR count). The predicted octanol–water partition coefficient (Wildman–Crippen LogP) is 2.73. The Balaban J connectivity index is 1.81. The van der Waals surface area contributed by atoms with Crippen LogP contribution in [0.5, 0.6) is 0 Å². The second-order valence-corrected chi connectivity index (χ2v) is 9.13. The number of amides is 1. The largest absolute Gasteiger partial charge is 0.435 e. The van der Waals surface area contributed by atoms with Gasteiger partial charge in [0, 0.05) is 31.5 Å². The zero-order valence-corrected chi connectivity index (χ0v) is 16.5. The minimum atomic E-state index is -2.72. The second-order valence-electron chi connectivity index (χ2n) is 6.18. The van der Waals surface area contributed by atoms with Gasteiger partial charge in [-0.15, -0.1) is 0 Å². The van der Waals surface area contributed by atoms with Gasteiger partial charge in [0.05, 0.1) is 20.4 Å². The van der Waals surface area contributed by atoms with E-state index in [0.29, 0.717) is 42.7 Å². The van der Waals surface area contributed by atoms with Crippen molar-refractivity contribution in [3.8, 4) is 6.07 Å². The molecule has 2 aromatic heterocycles. The van der Waals surface area contributed by atoms with E-state index in [-0.39, 0.29) is 22.2 Å². The molecular weight excluding hydrogens is 390 g/mol. The van der Waals surface area contributed by atoms with E-state index in [1.807, 2.05) is 11.0 Å². The third-order valence-electron chi connectivity index (χ3n) is 4.18. The number of pyridine rings is 1. The maximum atomic E-state index is 13.1. The number of nitriles is 1. The summed E-state index contributed by atoms with van der Waals surface area (Å²) < 4.78 is 22.4. The fraction of sp³-hybridized carbons (Fsp3) is 0.412. The number of carbonyl (C=O) groups is 1. The molecule has 0 bridgehead atoms. The van der Waals surface area contributed by atoms with Crippen LogP contribution in [0.15, 0.2) is 20.9 Å². The Kier molecular flexibility index (Phi) is 5.48. The Labute approximate surface area is 162 Å². The molecule has 1 unspecified atom stereocenters. The first-order chi connectivity index (χ1) is 12.8. The van der Waals surface area contributed by atoms with E-state index in [9.17, 15) is 9.00 Å². The molecule has 0 saturated carbocycles. The lowest BCUT2D eigenvalue weighted by atomic mass is 10.3. The summed E-state index contributed by atoms with van der Waals surface area (Å²) in [6.07, 6.45) is 0.580. The molecule has 0 spiro atoms. The van der Waals surface area contributed by atoms with Crippen molar-refractivity contribution in [2.75, 3.05) is 29.5 Å². The normalized spacial score (nSPS) is 20.0. The second kappa shape index (κ2) is 7.66. The third kappa shape index (κ3) is 4.28. The van der Waals surface area contributed by atoms with E-state index in [1.165, 1.54) is 0 Å². The monoisotopic (exact) mass is 407 g/mol. The van der Waals surface area contributed by atoms with Crippen LogP contribution >= 0.6 is 11.6 Å². The van der Waals surface area contributed by atoms with E-state index >= 15 is 0 Å². The number of aryl methyl sites for hydroxylation is 2. The van der Waals surface area contributed by atoms with Gasteiger partial charge in [-0.05, 0) is 25.5 Å². The van der Waals surface area contributed by atoms with Crippen molar-refractivity contribution in [1.82, 2.24) is 9.97 Å². The highest BCUT2D eigenvalue weighted by atomic mass is 35.5. The van der Waals surface area contributed by atoms with E-state index in [2.05, 4.69) is 14.3 Å². The van der Waals surface area contributed by atoms with Crippen LogP contribution < -0.4 is 4.90 Å². The standard InChI is InChI=1S/C17H18ClN5O3S/c1-11-16(26-12(2)20-11)17(24)22-27(25)8-3-6-23(7-9-27)15-5-4-13(18)14(10-19)21-15/h4-5H,3,6-9H2,1-2H3. The first-order valence-electron chi connectivity index (χ1n) is 8.34. The van der Waals surface area contributed by atoms with Gasteiger partial charge in [-0.3, -0.25) is 4.79 Å². The molecule has 3 heterocycles. The summed E-state index contributed by atoms with van der Waals surface area (Å²) >= 11 is 5.93. The summed E-state index contributed by atoms with van der Waals surface area (Å²) in [7, 11) is -2.72. The predicted molar refractivity (Wildman–Crippen MR) is 101 cm³/mol. The molecule has 27 heavy (non-hydrogen) atoms. The molecule has 1 amide bonds. The molecule has 10 heteroatoms. The average Bonchev–Trinajstić information content (AvgIpc) is 2.84. The summed E-state index contributed by atoms with van der Waals surface area (Å²) in [5.41, 5.74) is 0.587. The Bertz CT molecular complexity index is 1050. The first kappa shape index (κ1) is 19.3. The molecule has 2 aromatic rings. The summed E-state index contributed by atoms with van der Waals surface area (Å²) in [5, 5.41) is 9.37. The molecule has 0 aromatic carbocycles. The number of anilines is 1. The van der Waals surface area contributed by atoms with Crippen LogP contribution in [-0.4, -0.2) is 44.7 Å². The van der Waals surface area contributed by atoms with E-state index < -0.39 is 15.6 Å². The molecule has 0 N–H and O–H groups in total. The van der Waals surface area contributed by atoms with Gasteiger partial charge in [0.2, 0.25) is 5.76 Å². The molecule has 142 valence electrons. The molecule has 1 atom stereocenters. The van der Waals surface area contributed by atoms with Crippen molar-refractivity contribution < 1.29 is 13.4 Å². The van der Waals surface area contributed by atoms with Crippen LogP contribution in [0.25, 0.3) is 0 Å². The quantitative estimate of drug-likeness (QED) is 0.751. The molecule has 1 aliphatic rings. The van der Waals surface area contributed by atoms with Crippen molar-refractivity contribution in [2.24, 2.45) is 4.36 Å². The highest BCUT2D eigenvalue weighted by molar-refractivity contribution is 7.93. The smallest absolute Gasteiger partial charge is 0.322 e. The van der Waals surface area contributed by atoms with Gasteiger partial charge in [-0.25, -0.2) is 14.2 Å². The zero-order chi connectivity index (χ0) is 19.6. The zero-order valence-electron chi connectivity index (χ0n) is 14.9. The van der Waals surface area contributed by atoms with Gasteiger partial charge in [-0.2, -0.15) is 9.62 Å². The third-order valence-corrected chi connectivity index (χ3v) is 6.73. The number of halogens is 1. The van der Waals surface area contributed by atoms with Crippen LogP contribution in [0.2, 0.25) is 5.02 Å². The lowest BCUT2D eigenvalue weighted by Crippen LogP contribution is -2.27. The fourth-order valence-corrected chi connectivity index (χ4v) is 4.88. The Hall–Kier alpha value is -2.44. The van der Waals surface area contributed by atoms with E-state index in [4.69, 9.17) is 21.3 Å². The van der Waals surface area contributed by atoms with Crippen LogP contribution in [0, 0.1) is 25.2 Å². The van der Waals surface area contributed by atoms with Crippen LogP contribution in [0.3, 0.4) is 0 Å². The summed E-state index contributed by atoms with van der Waals surface area (Å²) in [5.74, 6) is 0.886. The maximum absolute atomic E-state index is 13.1. The lowest BCUT2D eigenvalue weighted by molar-refractivity contribution is 0.0976. The first-order valence-corrected chi connectivity index (χ1v) is 10.6. The molecule has 0 aliphatic carbocycles. The molecule has 1 aliphatic heterocycles. The number of hydrogen-bond acceptors (Lipinski definition) is 7. The number of rotatable bonds is 2. The van der Waals surface area contributed by atoms with Crippen molar-refractivity contribution in [1.29, 1.82) is 5.26 Å². The van der Waals surface area contributed by atoms with E-state index in [1.54, 1.807) is 26.0 Å². The average molecular weight is 408 g/mol. The Morgan fingerprint density at radius 1 is 1.33 bits per heavy atom. The highest BCUT2D eigenvalue weighted by Crippen LogP contribution is 2.21. The van der Waals surface area contributed by atoms with Gasteiger partial charge in [0.25, 0.3) is 0 Å². The minimum absolute atomic E-state index is 0.0364. The number of nitrogens with zero attached hydrogens (tertiary/aromatic N) is 5. The van der Waals surface area contributed by atoms with Crippen molar-refractivity contribution in [2.45, 2.75) is 20.3 Å². The van der Waals surface area contributed by atoms with Gasteiger partial charge in [-0.1, -0.05) is 11.6 Å². The number of carbonyl (C=O) groups excluding carboxylic acids is 1. The highest BCUT2D eigenvalue weighted by Gasteiger charge is 2.23. The van der Waals surface area contributed by atoms with Crippen LogP contribution in [0.4, 0.5) is 5.82 Å². The summed E-state index contributed by atoms with van der Waals surface area (Å²) in [6, 6.07) is 5.29. The molecule has 8 nitrogen and oxygen atoms in total. The van der Waals surface area contributed by atoms with Crippen molar-refractivity contribution in [3.05, 3.63) is 40.2 Å². The summed E-state index contributed by atoms with van der Waals surface area (Å²) in [4.78, 5) is 22.6. The lowest BCUT2D eigenvalue weighted by Gasteiger charge is -2.21. The Morgan fingerprint density at radius 3 is 2.78 bits per heavy atom. The number of oxazole rings is 1. The van der Waals surface area contributed by atoms with Gasteiger partial charge in [0.15, 0.2) is 11.6 Å². The topological polar surface area (TPSA) is 112 Å². The maximum Gasteiger partial charge on any atom is 0.322 e. The molecule has 0 radical (unpaired) electrons. The van der Waals surface area contributed by atoms with E-state index in [0.717, 1.165) is 0 Å². The number of hydrogen-bond donors (Lipinski definition) is 0. The molecular formula is C17H18ClN5O3S.